The van der Waals surface area contributed by atoms with Crippen molar-refractivity contribution in [2.75, 3.05) is 14.2 Å². The highest BCUT2D eigenvalue weighted by molar-refractivity contribution is 8.33. The minimum atomic E-state index is -4.96. The molecule has 38 heavy (non-hydrogen) atoms. The van der Waals surface area contributed by atoms with Crippen molar-refractivity contribution in [1.29, 1.82) is 0 Å². The quantitative estimate of drug-likeness (QED) is 0.221. The lowest BCUT2D eigenvalue weighted by atomic mass is 10.2. The molecule has 0 fully saturated rings. The summed E-state index contributed by atoms with van der Waals surface area (Å²) in [7, 11) is -5.11. The number of halogens is 3. The summed E-state index contributed by atoms with van der Waals surface area (Å²) in [4.78, 5) is 0.408. The van der Waals surface area contributed by atoms with Gasteiger partial charge in [-0.05, 0) is 90.0 Å². The summed E-state index contributed by atoms with van der Waals surface area (Å²) in [5.74, 6) is 1.04. The van der Waals surface area contributed by atoms with Gasteiger partial charge in [0.1, 0.15) is 16.4 Å². The number of rotatable bonds is 8. The molecule has 0 saturated carbocycles. The number of alkyl halides is 3. The summed E-state index contributed by atoms with van der Waals surface area (Å²) in [6.45, 7) is 1.87. The second-order valence-electron chi connectivity index (χ2n) is 8.24. The van der Waals surface area contributed by atoms with Gasteiger partial charge in [0.05, 0.1) is 19.8 Å². The first-order valence-corrected chi connectivity index (χ1v) is 14.3. The number of hydrogen-bond donors (Lipinski definition) is 0. The third-order valence-electron chi connectivity index (χ3n) is 5.79. The fourth-order valence-corrected chi connectivity index (χ4v) is 9.26. The Hall–Kier alpha value is -3.47. The standard InChI is InChI=1S/C28H25F3O5S2/c1-20-8-14-23(15-9-20)37(24-16-10-21(34-2)11-17-24,25-18-12-22(35-3)13-19-25)36-38(32,33)27-7-5-4-6-26(27)28(29,30)31/h4-19H,1-3H3. The molecular weight excluding hydrogens is 537 g/mol. The summed E-state index contributed by atoms with van der Waals surface area (Å²) in [6.07, 6.45) is -4.91. The van der Waals surface area contributed by atoms with Crippen LogP contribution in [0.4, 0.5) is 13.2 Å². The highest BCUT2D eigenvalue weighted by Crippen LogP contribution is 2.70. The molecule has 0 aromatic heterocycles. The highest BCUT2D eigenvalue weighted by Gasteiger charge is 2.42. The van der Waals surface area contributed by atoms with Crippen LogP contribution in [0.2, 0.25) is 0 Å². The van der Waals surface area contributed by atoms with Gasteiger partial charge in [-0.1, -0.05) is 29.8 Å². The van der Waals surface area contributed by atoms with Gasteiger partial charge in [0, 0.05) is 14.7 Å². The van der Waals surface area contributed by atoms with Gasteiger partial charge in [-0.2, -0.15) is 21.6 Å². The minimum absolute atomic E-state index is 0.445. The van der Waals surface area contributed by atoms with Crippen LogP contribution < -0.4 is 9.47 Å². The van der Waals surface area contributed by atoms with E-state index in [1.54, 1.807) is 72.8 Å². The second kappa shape index (κ2) is 10.7. The molecule has 0 atom stereocenters. The summed E-state index contributed by atoms with van der Waals surface area (Å²) in [5.41, 5.74) is -0.390. The van der Waals surface area contributed by atoms with Crippen LogP contribution in [0, 0.1) is 6.92 Å². The molecule has 0 spiro atoms. The Morgan fingerprint density at radius 1 is 0.632 bits per heavy atom. The molecule has 0 saturated heterocycles. The van der Waals surface area contributed by atoms with Crippen molar-refractivity contribution < 1.29 is 34.7 Å². The Morgan fingerprint density at radius 3 is 1.47 bits per heavy atom. The molecule has 0 amide bonds. The molecule has 200 valence electrons. The molecule has 0 unspecified atom stereocenters. The third kappa shape index (κ3) is 5.38. The van der Waals surface area contributed by atoms with Gasteiger partial charge < -0.3 is 9.47 Å². The molecule has 0 radical (unpaired) electrons. The zero-order valence-corrected chi connectivity index (χ0v) is 22.4. The first-order chi connectivity index (χ1) is 18.0. The lowest BCUT2D eigenvalue weighted by molar-refractivity contribution is -0.139. The van der Waals surface area contributed by atoms with Gasteiger partial charge in [-0.15, -0.1) is 0 Å². The van der Waals surface area contributed by atoms with E-state index in [9.17, 15) is 21.6 Å². The van der Waals surface area contributed by atoms with Crippen LogP contribution >= 0.6 is 10.3 Å². The van der Waals surface area contributed by atoms with Gasteiger partial charge in [-0.3, -0.25) is 0 Å². The molecule has 10 heteroatoms. The summed E-state index contributed by atoms with van der Waals surface area (Å²) >= 11 is 0. The van der Waals surface area contributed by atoms with Crippen molar-refractivity contribution >= 4 is 20.4 Å². The fourth-order valence-electron chi connectivity index (χ4n) is 3.88. The van der Waals surface area contributed by atoms with Gasteiger partial charge in [0.25, 0.3) is 0 Å². The number of benzene rings is 4. The lowest BCUT2D eigenvalue weighted by Crippen LogP contribution is -2.18. The first kappa shape index (κ1) is 27.6. The first-order valence-electron chi connectivity index (χ1n) is 11.3. The van der Waals surface area contributed by atoms with Gasteiger partial charge in [0.15, 0.2) is 0 Å². The Labute approximate surface area is 221 Å². The molecule has 0 heterocycles. The molecule has 4 aromatic carbocycles. The van der Waals surface area contributed by atoms with Crippen molar-refractivity contribution in [1.82, 2.24) is 0 Å². The summed E-state index contributed by atoms with van der Waals surface area (Å²) < 4.78 is 85.8. The molecule has 4 rings (SSSR count). The normalized spacial score (nSPS) is 12.7. The summed E-state index contributed by atoms with van der Waals surface area (Å²) in [5, 5.41) is 0. The highest BCUT2D eigenvalue weighted by atomic mass is 32.3. The number of methoxy groups -OCH3 is 2. The SMILES string of the molecule is COc1ccc(S(OS(=O)(=O)c2ccccc2C(F)(F)F)(c2ccc(C)cc2)c2ccc(OC)cc2)cc1. The van der Waals surface area contributed by atoms with Crippen LogP contribution in [0.15, 0.2) is 117 Å². The smallest absolute Gasteiger partial charge is 0.417 e. The largest absolute Gasteiger partial charge is 0.497 e. The minimum Gasteiger partial charge on any atom is -0.497 e. The van der Waals surface area contributed by atoms with E-state index in [-0.39, 0.29) is 0 Å². The van der Waals surface area contributed by atoms with Gasteiger partial charge in [0.2, 0.25) is 0 Å². The van der Waals surface area contributed by atoms with E-state index >= 15 is 0 Å². The molecule has 0 aliphatic rings. The number of aryl methyl sites for hydroxylation is 1. The Kier molecular flexibility index (Phi) is 7.78. The molecule has 4 aromatic rings. The van der Waals surface area contributed by atoms with E-state index in [2.05, 4.69) is 0 Å². The second-order valence-corrected chi connectivity index (χ2v) is 12.7. The lowest BCUT2D eigenvalue weighted by Gasteiger charge is -2.39. The van der Waals surface area contributed by atoms with Crippen LogP contribution in [-0.4, -0.2) is 22.6 Å². The monoisotopic (exact) mass is 562 g/mol. The molecule has 0 N–H and O–H groups in total. The Bertz CT molecular complexity index is 1450. The van der Waals surface area contributed by atoms with Crippen LogP contribution in [0.3, 0.4) is 0 Å². The zero-order chi connectivity index (χ0) is 27.6. The predicted octanol–water partition coefficient (Wildman–Crippen LogP) is 7.63. The third-order valence-corrected chi connectivity index (χ3v) is 11.0. The Morgan fingerprint density at radius 2 is 1.05 bits per heavy atom. The van der Waals surface area contributed by atoms with E-state index in [4.69, 9.17) is 13.1 Å². The van der Waals surface area contributed by atoms with E-state index < -0.39 is 37.1 Å². The molecule has 0 aliphatic carbocycles. The van der Waals surface area contributed by atoms with Crippen LogP contribution in [-0.2, 0) is 19.9 Å². The van der Waals surface area contributed by atoms with Gasteiger partial charge >= 0.3 is 16.3 Å². The van der Waals surface area contributed by atoms with Gasteiger partial charge in [-0.25, -0.2) is 3.63 Å². The van der Waals surface area contributed by atoms with E-state index in [0.717, 1.165) is 23.8 Å². The van der Waals surface area contributed by atoms with Crippen molar-refractivity contribution in [3.05, 3.63) is 108 Å². The van der Waals surface area contributed by atoms with Crippen LogP contribution in [0.25, 0.3) is 0 Å². The molecule has 0 bridgehead atoms. The van der Waals surface area contributed by atoms with Crippen molar-refractivity contribution in [3.63, 3.8) is 0 Å². The van der Waals surface area contributed by atoms with Crippen molar-refractivity contribution in [2.24, 2.45) is 0 Å². The van der Waals surface area contributed by atoms with E-state index in [1.165, 1.54) is 20.3 Å². The predicted molar refractivity (Wildman–Crippen MR) is 139 cm³/mol. The maximum Gasteiger partial charge on any atom is 0.417 e. The topological polar surface area (TPSA) is 61.8 Å². The van der Waals surface area contributed by atoms with Crippen molar-refractivity contribution in [3.8, 4) is 11.5 Å². The van der Waals surface area contributed by atoms with Crippen LogP contribution in [0.1, 0.15) is 11.1 Å². The molecular formula is C28H25F3O5S2. The zero-order valence-electron chi connectivity index (χ0n) is 20.7. The molecule has 5 nitrogen and oxygen atoms in total. The van der Waals surface area contributed by atoms with Crippen LogP contribution in [0.5, 0.6) is 11.5 Å². The average Bonchev–Trinajstić information content (AvgIpc) is 2.92. The van der Waals surface area contributed by atoms with E-state index in [1.807, 2.05) is 6.92 Å². The van der Waals surface area contributed by atoms with Crippen molar-refractivity contribution in [2.45, 2.75) is 32.7 Å². The molecule has 0 aliphatic heterocycles. The average molecular weight is 563 g/mol. The maximum absolute atomic E-state index is 13.9. The number of hydrogen-bond acceptors (Lipinski definition) is 5. The fraction of sp³-hybridized carbons (Fsp3) is 0.143. The Balaban J connectivity index is 2.04. The number of ether oxygens (including phenoxy) is 2. The summed E-state index contributed by atoms with van der Waals surface area (Å²) in [6, 6.07) is 24.2. The maximum atomic E-state index is 13.9. The van der Waals surface area contributed by atoms with E-state index in [0.29, 0.717) is 26.2 Å².